The second-order valence-corrected chi connectivity index (χ2v) is 4.79. The smallest absolute Gasteiger partial charge is 0.305 e. The van der Waals surface area contributed by atoms with Crippen LogP contribution in [0.25, 0.3) is 5.69 Å². The average Bonchev–Trinajstić information content (AvgIpc) is 2.86. The third kappa shape index (κ3) is 3.47. The van der Waals surface area contributed by atoms with Crippen molar-refractivity contribution in [1.82, 2.24) is 14.7 Å². The zero-order chi connectivity index (χ0) is 15.4. The number of carboxylic acid groups (broad SMARTS) is 1. The lowest BCUT2D eigenvalue weighted by atomic mass is 10.3. The lowest BCUT2D eigenvalue weighted by Gasteiger charge is -2.14. The summed E-state index contributed by atoms with van der Waals surface area (Å²) < 4.78 is 1.69. The topological polar surface area (TPSA) is 75.4 Å². The molecule has 0 aliphatic heterocycles. The van der Waals surface area contributed by atoms with Gasteiger partial charge in [-0.05, 0) is 25.1 Å². The fraction of sp³-hybridized carbons (Fsp3) is 0.267. The SMILES string of the molecule is Cc1cc(C(=O)N(C)CCC(=O)O)nn1-c1ccccc1. The van der Waals surface area contributed by atoms with Crippen LogP contribution in [0.15, 0.2) is 36.4 Å². The number of nitrogens with zero attached hydrogens (tertiary/aromatic N) is 3. The number of aryl methyl sites for hydroxylation is 1. The quantitative estimate of drug-likeness (QED) is 0.908. The van der Waals surface area contributed by atoms with Crippen molar-refractivity contribution in [3.05, 3.63) is 47.8 Å². The molecule has 1 amide bonds. The van der Waals surface area contributed by atoms with E-state index >= 15 is 0 Å². The normalized spacial score (nSPS) is 10.4. The average molecular weight is 287 g/mol. The second kappa shape index (κ2) is 6.21. The predicted octanol–water partition coefficient (Wildman–Crippen LogP) is 1.73. The van der Waals surface area contributed by atoms with Crippen LogP contribution in [-0.2, 0) is 4.79 Å². The fourth-order valence-electron chi connectivity index (χ4n) is 1.97. The molecule has 6 heteroatoms. The molecule has 1 N–H and O–H groups in total. The van der Waals surface area contributed by atoms with Gasteiger partial charge in [0.15, 0.2) is 5.69 Å². The number of aliphatic carboxylic acids is 1. The summed E-state index contributed by atoms with van der Waals surface area (Å²) in [5.41, 5.74) is 2.03. The highest BCUT2D eigenvalue weighted by molar-refractivity contribution is 5.92. The molecule has 0 saturated carbocycles. The zero-order valence-corrected chi connectivity index (χ0v) is 12.0. The Morgan fingerprint density at radius 1 is 1.29 bits per heavy atom. The molecule has 110 valence electrons. The standard InChI is InChI=1S/C15H17N3O3/c1-11-10-13(15(21)17(2)9-8-14(19)20)16-18(11)12-6-4-3-5-7-12/h3-7,10H,8-9H2,1-2H3,(H,19,20). The van der Waals surface area contributed by atoms with Crippen molar-refractivity contribution in [2.75, 3.05) is 13.6 Å². The maximum absolute atomic E-state index is 12.2. The van der Waals surface area contributed by atoms with Crippen molar-refractivity contribution in [3.8, 4) is 5.69 Å². The number of rotatable bonds is 5. The molecule has 0 spiro atoms. The van der Waals surface area contributed by atoms with Crippen molar-refractivity contribution in [1.29, 1.82) is 0 Å². The minimum atomic E-state index is -0.930. The van der Waals surface area contributed by atoms with Crippen LogP contribution in [0.5, 0.6) is 0 Å². The third-order valence-corrected chi connectivity index (χ3v) is 3.12. The Hall–Kier alpha value is -2.63. The van der Waals surface area contributed by atoms with Gasteiger partial charge in [-0.3, -0.25) is 9.59 Å². The van der Waals surface area contributed by atoms with Gasteiger partial charge in [0, 0.05) is 19.3 Å². The third-order valence-electron chi connectivity index (χ3n) is 3.12. The summed E-state index contributed by atoms with van der Waals surface area (Å²) in [5, 5.41) is 13.0. The van der Waals surface area contributed by atoms with Crippen molar-refractivity contribution in [2.45, 2.75) is 13.3 Å². The fourth-order valence-corrected chi connectivity index (χ4v) is 1.97. The van der Waals surface area contributed by atoms with E-state index in [1.807, 2.05) is 37.3 Å². The van der Waals surface area contributed by atoms with Crippen LogP contribution in [0, 0.1) is 6.92 Å². The summed E-state index contributed by atoms with van der Waals surface area (Å²) in [7, 11) is 1.57. The lowest BCUT2D eigenvalue weighted by Crippen LogP contribution is -2.29. The van der Waals surface area contributed by atoms with Gasteiger partial charge in [-0.2, -0.15) is 5.10 Å². The first-order valence-electron chi connectivity index (χ1n) is 6.58. The van der Waals surface area contributed by atoms with E-state index in [1.54, 1.807) is 17.8 Å². The van der Waals surface area contributed by atoms with E-state index in [0.29, 0.717) is 5.69 Å². The first-order chi connectivity index (χ1) is 9.99. The van der Waals surface area contributed by atoms with Gasteiger partial charge in [-0.25, -0.2) is 4.68 Å². The largest absolute Gasteiger partial charge is 0.481 e. The van der Waals surface area contributed by atoms with Crippen LogP contribution in [0.3, 0.4) is 0 Å². The number of carbonyl (C=O) groups excluding carboxylic acids is 1. The molecule has 2 aromatic rings. The molecule has 0 saturated heterocycles. The molecule has 21 heavy (non-hydrogen) atoms. The maximum Gasteiger partial charge on any atom is 0.305 e. The first-order valence-corrected chi connectivity index (χ1v) is 6.58. The Morgan fingerprint density at radius 3 is 2.57 bits per heavy atom. The van der Waals surface area contributed by atoms with E-state index in [2.05, 4.69) is 5.10 Å². The Morgan fingerprint density at radius 2 is 1.95 bits per heavy atom. The highest BCUT2D eigenvalue weighted by Gasteiger charge is 2.17. The van der Waals surface area contributed by atoms with E-state index in [4.69, 9.17) is 5.11 Å². The van der Waals surface area contributed by atoms with Crippen molar-refractivity contribution in [2.24, 2.45) is 0 Å². The Bertz CT molecular complexity index is 649. The number of hydrogen-bond donors (Lipinski definition) is 1. The van der Waals surface area contributed by atoms with Crippen LogP contribution < -0.4 is 0 Å². The first kappa shape index (κ1) is 14.8. The zero-order valence-electron chi connectivity index (χ0n) is 12.0. The molecule has 0 radical (unpaired) electrons. The molecule has 1 aromatic carbocycles. The highest BCUT2D eigenvalue weighted by atomic mass is 16.4. The number of carboxylic acids is 1. The summed E-state index contributed by atoms with van der Waals surface area (Å²) in [6, 6.07) is 11.2. The highest BCUT2D eigenvalue weighted by Crippen LogP contribution is 2.13. The van der Waals surface area contributed by atoms with Gasteiger partial charge in [-0.1, -0.05) is 18.2 Å². The molecule has 0 unspecified atom stereocenters. The Kier molecular flexibility index (Phi) is 4.37. The number of aromatic nitrogens is 2. The number of para-hydroxylation sites is 1. The summed E-state index contributed by atoms with van der Waals surface area (Å²) in [6.45, 7) is 2.03. The van der Waals surface area contributed by atoms with Gasteiger partial charge in [0.05, 0.1) is 12.1 Å². The van der Waals surface area contributed by atoms with Gasteiger partial charge in [0.2, 0.25) is 0 Å². The molecule has 0 bridgehead atoms. The minimum Gasteiger partial charge on any atom is -0.481 e. The van der Waals surface area contributed by atoms with Crippen LogP contribution >= 0.6 is 0 Å². The van der Waals surface area contributed by atoms with E-state index < -0.39 is 5.97 Å². The molecule has 0 aliphatic rings. The maximum atomic E-state index is 12.2. The number of hydrogen-bond acceptors (Lipinski definition) is 3. The second-order valence-electron chi connectivity index (χ2n) is 4.79. The number of benzene rings is 1. The Balaban J connectivity index is 2.18. The molecule has 1 heterocycles. The molecule has 0 atom stereocenters. The minimum absolute atomic E-state index is 0.0827. The van der Waals surface area contributed by atoms with E-state index in [1.165, 1.54) is 4.90 Å². The van der Waals surface area contributed by atoms with Crippen molar-refractivity contribution in [3.63, 3.8) is 0 Å². The van der Waals surface area contributed by atoms with Crippen LogP contribution in [0.2, 0.25) is 0 Å². The van der Waals surface area contributed by atoms with Crippen LogP contribution in [0.1, 0.15) is 22.6 Å². The van der Waals surface area contributed by atoms with Gasteiger partial charge >= 0.3 is 5.97 Å². The molecular formula is C15H17N3O3. The van der Waals surface area contributed by atoms with E-state index in [-0.39, 0.29) is 18.9 Å². The number of carbonyl (C=O) groups is 2. The molecule has 1 aromatic heterocycles. The molecule has 6 nitrogen and oxygen atoms in total. The summed E-state index contributed by atoms with van der Waals surface area (Å²) in [4.78, 5) is 24.1. The summed E-state index contributed by atoms with van der Waals surface area (Å²) in [6.07, 6.45) is -0.0827. The Labute approximate surface area is 122 Å². The molecule has 0 aliphatic carbocycles. The number of amides is 1. The lowest BCUT2D eigenvalue weighted by molar-refractivity contribution is -0.137. The van der Waals surface area contributed by atoms with Gasteiger partial charge in [-0.15, -0.1) is 0 Å². The van der Waals surface area contributed by atoms with E-state index in [0.717, 1.165) is 11.4 Å². The summed E-state index contributed by atoms with van der Waals surface area (Å²) in [5.74, 6) is -1.21. The molecular weight excluding hydrogens is 270 g/mol. The molecule has 0 fully saturated rings. The summed E-state index contributed by atoms with van der Waals surface area (Å²) >= 11 is 0. The van der Waals surface area contributed by atoms with Gasteiger partial charge in [0.25, 0.3) is 5.91 Å². The van der Waals surface area contributed by atoms with Gasteiger partial charge in [0.1, 0.15) is 0 Å². The van der Waals surface area contributed by atoms with Crippen molar-refractivity contribution >= 4 is 11.9 Å². The van der Waals surface area contributed by atoms with Crippen molar-refractivity contribution < 1.29 is 14.7 Å². The molecule has 2 rings (SSSR count). The van der Waals surface area contributed by atoms with Crippen LogP contribution in [0.4, 0.5) is 0 Å². The van der Waals surface area contributed by atoms with Gasteiger partial charge < -0.3 is 10.0 Å². The predicted molar refractivity (Wildman–Crippen MR) is 77.5 cm³/mol. The monoisotopic (exact) mass is 287 g/mol. The van der Waals surface area contributed by atoms with Crippen LogP contribution in [-0.4, -0.2) is 45.3 Å². The van der Waals surface area contributed by atoms with E-state index in [9.17, 15) is 9.59 Å².